The topological polar surface area (TPSA) is 55.4 Å². The van der Waals surface area contributed by atoms with E-state index in [4.69, 9.17) is 4.74 Å². The minimum atomic E-state index is -3.51. The summed E-state index contributed by atoms with van der Waals surface area (Å²) >= 11 is 0. The lowest BCUT2D eigenvalue weighted by molar-refractivity contribution is 0.310. The first-order chi connectivity index (χ1) is 11.1. The third-order valence-electron chi connectivity index (χ3n) is 4.79. The maximum atomic E-state index is 12.8. The number of nitrogens with one attached hydrogen (secondary N) is 1. The molecule has 1 aliphatic carbocycles. The lowest BCUT2D eigenvalue weighted by atomic mass is 9.86. The lowest BCUT2D eigenvalue weighted by Crippen LogP contribution is -2.41. The molecule has 24 heavy (non-hydrogen) atoms. The highest BCUT2D eigenvalue weighted by atomic mass is 32.2. The summed E-state index contributed by atoms with van der Waals surface area (Å²) < 4.78 is 34.3. The first-order valence-electron chi connectivity index (χ1n) is 8.95. The van der Waals surface area contributed by atoms with Gasteiger partial charge in [0.25, 0.3) is 0 Å². The SMILES string of the molecule is CCOc1ccc(S(=O)(=O)N[C@H]2CCCC[C@@H]2C)cc1C(C)(C)C. The molecule has 0 heterocycles. The van der Waals surface area contributed by atoms with Crippen molar-refractivity contribution in [2.24, 2.45) is 5.92 Å². The second-order valence-electron chi connectivity index (χ2n) is 7.83. The third kappa shape index (κ3) is 4.51. The molecule has 0 bridgehead atoms. The van der Waals surface area contributed by atoms with Crippen LogP contribution in [0.1, 0.15) is 65.9 Å². The molecule has 1 N–H and O–H groups in total. The molecule has 0 radical (unpaired) electrons. The fraction of sp³-hybridized carbons (Fsp3) is 0.684. The second-order valence-corrected chi connectivity index (χ2v) is 9.54. The van der Waals surface area contributed by atoms with Gasteiger partial charge in [-0.2, -0.15) is 0 Å². The van der Waals surface area contributed by atoms with Crippen LogP contribution in [0.3, 0.4) is 0 Å². The zero-order chi connectivity index (χ0) is 18.0. The first-order valence-corrected chi connectivity index (χ1v) is 10.4. The molecule has 2 rings (SSSR count). The Balaban J connectivity index is 2.33. The molecule has 0 unspecified atom stereocenters. The molecule has 1 fully saturated rings. The number of rotatable bonds is 5. The summed E-state index contributed by atoms with van der Waals surface area (Å²) in [6, 6.07) is 5.23. The Labute approximate surface area is 147 Å². The Morgan fingerprint density at radius 3 is 2.46 bits per heavy atom. The van der Waals surface area contributed by atoms with Gasteiger partial charge in [-0.1, -0.05) is 40.5 Å². The lowest BCUT2D eigenvalue weighted by Gasteiger charge is -2.29. The van der Waals surface area contributed by atoms with Crippen LogP contribution in [0, 0.1) is 5.92 Å². The number of hydrogen-bond acceptors (Lipinski definition) is 3. The van der Waals surface area contributed by atoms with E-state index < -0.39 is 10.0 Å². The summed E-state index contributed by atoms with van der Waals surface area (Å²) in [5.41, 5.74) is 0.734. The van der Waals surface area contributed by atoms with E-state index in [1.165, 1.54) is 6.42 Å². The zero-order valence-corrected chi connectivity index (χ0v) is 16.4. The van der Waals surface area contributed by atoms with E-state index in [1.54, 1.807) is 18.2 Å². The minimum Gasteiger partial charge on any atom is -0.494 e. The average molecular weight is 354 g/mol. The smallest absolute Gasteiger partial charge is 0.240 e. The molecule has 1 aliphatic rings. The standard InChI is InChI=1S/C19H31NO3S/c1-6-23-18-12-11-15(13-16(18)19(3,4)5)24(21,22)20-17-10-8-7-9-14(17)2/h11-14,17,20H,6-10H2,1-5H3/t14-,17-/m0/s1. The van der Waals surface area contributed by atoms with Gasteiger partial charge in [-0.05, 0) is 49.3 Å². The van der Waals surface area contributed by atoms with Crippen molar-refractivity contribution in [2.75, 3.05) is 6.61 Å². The number of ether oxygens (including phenoxy) is 1. The first kappa shape index (κ1) is 19.3. The molecule has 0 spiro atoms. The molecule has 0 saturated heterocycles. The van der Waals surface area contributed by atoms with Gasteiger partial charge in [0, 0.05) is 11.6 Å². The van der Waals surface area contributed by atoms with Crippen LogP contribution in [0.5, 0.6) is 5.75 Å². The van der Waals surface area contributed by atoms with E-state index in [0.717, 1.165) is 30.6 Å². The van der Waals surface area contributed by atoms with Gasteiger partial charge in [-0.15, -0.1) is 0 Å². The molecule has 136 valence electrons. The van der Waals surface area contributed by atoms with Crippen molar-refractivity contribution in [1.82, 2.24) is 4.72 Å². The summed E-state index contributed by atoms with van der Waals surface area (Å²) in [5, 5.41) is 0. The summed E-state index contributed by atoms with van der Waals surface area (Å²) in [6.07, 6.45) is 4.29. The van der Waals surface area contributed by atoms with Crippen LogP contribution < -0.4 is 9.46 Å². The van der Waals surface area contributed by atoms with Gasteiger partial charge in [-0.3, -0.25) is 0 Å². The Morgan fingerprint density at radius 1 is 1.21 bits per heavy atom. The normalized spacial score (nSPS) is 22.4. The van der Waals surface area contributed by atoms with Crippen molar-refractivity contribution in [3.05, 3.63) is 23.8 Å². The van der Waals surface area contributed by atoms with E-state index in [2.05, 4.69) is 32.4 Å². The largest absolute Gasteiger partial charge is 0.494 e. The van der Waals surface area contributed by atoms with Crippen LogP contribution in [0.15, 0.2) is 23.1 Å². The van der Waals surface area contributed by atoms with Crippen LogP contribution in [0.25, 0.3) is 0 Å². The van der Waals surface area contributed by atoms with Crippen molar-refractivity contribution in [2.45, 2.75) is 76.7 Å². The highest BCUT2D eigenvalue weighted by Gasteiger charge is 2.28. The van der Waals surface area contributed by atoms with Crippen molar-refractivity contribution < 1.29 is 13.2 Å². The van der Waals surface area contributed by atoms with E-state index in [0.29, 0.717) is 17.4 Å². The van der Waals surface area contributed by atoms with E-state index in [9.17, 15) is 8.42 Å². The van der Waals surface area contributed by atoms with E-state index >= 15 is 0 Å². The third-order valence-corrected chi connectivity index (χ3v) is 6.27. The molecule has 0 aliphatic heterocycles. The molecule has 4 nitrogen and oxygen atoms in total. The molecular weight excluding hydrogens is 322 g/mol. The molecule has 1 saturated carbocycles. The molecule has 1 aromatic rings. The maximum Gasteiger partial charge on any atom is 0.240 e. The summed E-state index contributed by atoms with van der Waals surface area (Å²) in [5.74, 6) is 1.15. The fourth-order valence-corrected chi connectivity index (χ4v) is 4.71. The fourth-order valence-electron chi connectivity index (χ4n) is 3.30. The molecule has 5 heteroatoms. The Bertz CT molecular complexity index is 662. The Morgan fingerprint density at radius 2 is 1.88 bits per heavy atom. The van der Waals surface area contributed by atoms with Gasteiger partial charge < -0.3 is 4.74 Å². The summed E-state index contributed by atoms with van der Waals surface area (Å²) in [4.78, 5) is 0.327. The van der Waals surface area contributed by atoms with Crippen molar-refractivity contribution in [1.29, 1.82) is 0 Å². The predicted octanol–water partition coefficient (Wildman–Crippen LogP) is 4.24. The number of hydrogen-bond donors (Lipinski definition) is 1. The summed E-state index contributed by atoms with van der Waals surface area (Å²) in [6.45, 7) is 10.8. The zero-order valence-electron chi connectivity index (χ0n) is 15.6. The van der Waals surface area contributed by atoms with Gasteiger partial charge in [0.1, 0.15) is 5.75 Å². The average Bonchev–Trinajstić information content (AvgIpc) is 2.49. The molecule has 0 amide bonds. The van der Waals surface area contributed by atoms with Gasteiger partial charge in [0.05, 0.1) is 11.5 Å². The highest BCUT2D eigenvalue weighted by molar-refractivity contribution is 7.89. The maximum absolute atomic E-state index is 12.8. The summed E-state index contributed by atoms with van der Waals surface area (Å²) in [7, 11) is -3.51. The monoisotopic (exact) mass is 353 g/mol. The van der Waals surface area contributed by atoms with E-state index in [-0.39, 0.29) is 11.5 Å². The number of benzene rings is 1. The predicted molar refractivity (Wildman–Crippen MR) is 98.1 cm³/mol. The van der Waals surface area contributed by atoms with Crippen LogP contribution >= 0.6 is 0 Å². The molecule has 1 aromatic carbocycles. The highest BCUT2D eigenvalue weighted by Crippen LogP contribution is 2.34. The van der Waals surface area contributed by atoms with Crippen LogP contribution in [0.4, 0.5) is 0 Å². The van der Waals surface area contributed by atoms with Crippen molar-refractivity contribution in [3.8, 4) is 5.75 Å². The van der Waals surface area contributed by atoms with Crippen LogP contribution in [-0.2, 0) is 15.4 Å². The van der Waals surface area contributed by atoms with Crippen molar-refractivity contribution >= 4 is 10.0 Å². The van der Waals surface area contributed by atoms with Gasteiger partial charge >= 0.3 is 0 Å². The van der Waals surface area contributed by atoms with Crippen molar-refractivity contribution in [3.63, 3.8) is 0 Å². The van der Waals surface area contributed by atoms with Gasteiger partial charge in [0.2, 0.25) is 10.0 Å². The van der Waals surface area contributed by atoms with Gasteiger partial charge in [-0.25, -0.2) is 13.1 Å². The second kappa shape index (κ2) is 7.44. The Kier molecular flexibility index (Phi) is 5.97. The molecular formula is C19H31NO3S. The van der Waals surface area contributed by atoms with E-state index in [1.807, 2.05) is 6.92 Å². The minimum absolute atomic E-state index is 0.0356. The Hall–Kier alpha value is -1.07. The quantitative estimate of drug-likeness (QED) is 0.861. The molecule has 0 aromatic heterocycles. The van der Waals surface area contributed by atoms with Gasteiger partial charge in [0.15, 0.2) is 0 Å². The number of sulfonamides is 1. The van der Waals surface area contributed by atoms with Crippen LogP contribution in [0.2, 0.25) is 0 Å². The van der Waals surface area contributed by atoms with Crippen LogP contribution in [-0.4, -0.2) is 21.1 Å². The molecule has 2 atom stereocenters.